The normalized spacial score (nSPS) is 11.1. The summed E-state index contributed by atoms with van der Waals surface area (Å²) in [5, 5.41) is 3.91. The van der Waals surface area contributed by atoms with E-state index in [-0.39, 0.29) is 11.7 Å². The number of rotatable bonds is 2. The second kappa shape index (κ2) is 4.08. The molecule has 2 aromatic rings. The van der Waals surface area contributed by atoms with Gasteiger partial charge in [-0.2, -0.15) is 0 Å². The molecule has 0 saturated carbocycles. The van der Waals surface area contributed by atoms with Crippen molar-refractivity contribution in [3.63, 3.8) is 0 Å². The summed E-state index contributed by atoms with van der Waals surface area (Å²) in [6, 6.07) is 7.00. The SMILES string of the molecule is CNc1cc(C(C)C)nc2c(F)cccc12. The molecule has 1 aromatic heterocycles. The van der Waals surface area contributed by atoms with Gasteiger partial charge in [-0.1, -0.05) is 26.0 Å². The van der Waals surface area contributed by atoms with Gasteiger partial charge in [-0.15, -0.1) is 0 Å². The Bertz CT molecular complexity index is 521. The van der Waals surface area contributed by atoms with Crippen LogP contribution < -0.4 is 5.32 Å². The van der Waals surface area contributed by atoms with E-state index in [1.54, 1.807) is 6.07 Å². The molecule has 0 aliphatic carbocycles. The molecule has 1 N–H and O–H groups in total. The van der Waals surface area contributed by atoms with Crippen LogP contribution in [-0.2, 0) is 0 Å². The zero-order valence-corrected chi connectivity index (χ0v) is 9.71. The molecule has 0 amide bonds. The van der Waals surface area contributed by atoms with Crippen LogP contribution >= 0.6 is 0 Å². The lowest BCUT2D eigenvalue weighted by Gasteiger charge is -2.11. The van der Waals surface area contributed by atoms with Gasteiger partial charge in [0, 0.05) is 23.8 Å². The zero-order valence-electron chi connectivity index (χ0n) is 9.71. The van der Waals surface area contributed by atoms with E-state index in [1.807, 2.05) is 19.2 Å². The van der Waals surface area contributed by atoms with Gasteiger partial charge in [0.05, 0.1) is 0 Å². The molecule has 0 unspecified atom stereocenters. The number of anilines is 1. The van der Waals surface area contributed by atoms with Gasteiger partial charge >= 0.3 is 0 Å². The Kier molecular flexibility index (Phi) is 2.77. The smallest absolute Gasteiger partial charge is 0.149 e. The topological polar surface area (TPSA) is 24.9 Å². The number of aromatic nitrogens is 1. The molecule has 0 radical (unpaired) electrons. The van der Waals surface area contributed by atoms with E-state index in [2.05, 4.69) is 24.1 Å². The van der Waals surface area contributed by atoms with E-state index in [1.165, 1.54) is 6.07 Å². The Morgan fingerprint density at radius 1 is 1.31 bits per heavy atom. The van der Waals surface area contributed by atoms with E-state index in [0.717, 1.165) is 16.8 Å². The van der Waals surface area contributed by atoms with Crippen molar-refractivity contribution in [1.29, 1.82) is 0 Å². The van der Waals surface area contributed by atoms with Crippen molar-refractivity contribution in [3.05, 3.63) is 35.8 Å². The lowest BCUT2D eigenvalue weighted by Crippen LogP contribution is -1.99. The molecule has 16 heavy (non-hydrogen) atoms. The van der Waals surface area contributed by atoms with Gasteiger partial charge in [-0.05, 0) is 18.1 Å². The van der Waals surface area contributed by atoms with E-state index in [0.29, 0.717) is 5.52 Å². The molecule has 2 nitrogen and oxygen atoms in total. The Morgan fingerprint density at radius 3 is 2.69 bits per heavy atom. The third-order valence-electron chi connectivity index (χ3n) is 2.67. The quantitative estimate of drug-likeness (QED) is 0.834. The lowest BCUT2D eigenvalue weighted by atomic mass is 10.1. The van der Waals surface area contributed by atoms with E-state index < -0.39 is 0 Å². The molecule has 0 spiro atoms. The molecule has 84 valence electrons. The molecule has 0 fully saturated rings. The number of pyridine rings is 1. The second-order valence-electron chi connectivity index (χ2n) is 4.14. The number of halogens is 1. The molecule has 2 rings (SSSR count). The third-order valence-corrected chi connectivity index (χ3v) is 2.67. The van der Waals surface area contributed by atoms with Crippen molar-refractivity contribution in [1.82, 2.24) is 4.98 Å². The predicted molar refractivity (Wildman–Crippen MR) is 65.3 cm³/mol. The molecule has 0 bridgehead atoms. The van der Waals surface area contributed by atoms with Gasteiger partial charge in [0.25, 0.3) is 0 Å². The Hall–Kier alpha value is -1.64. The molecule has 3 heteroatoms. The zero-order chi connectivity index (χ0) is 11.7. The number of nitrogens with one attached hydrogen (secondary N) is 1. The largest absolute Gasteiger partial charge is 0.388 e. The molecule has 1 heterocycles. The Labute approximate surface area is 94.5 Å². The number of para-hydroxylation sites is 1. The van der Waals surface area contributed by atoms with Crippen LogP contribution in [0.15, 0.2) is 24.3 Å². The molecule has 1 aromatic carbocycles. The van der Waals surface area contributed by atoms with Crippen molar-refractivity contribution in [2.45, 2.75) is 19.8 Å². The first-order chi connectivity index (χ1) is 7.63. The first-order valence-electron chi connectivity index (χ1n) is 5.40. The van der Waals surface area contributed by atoms with Crippen LogP contribution in [0, 0.1) is 5.82 Å². The molecular formula is C13H15FN2. The number of hydrogen-bond donors (Lipinski definition) is 1. The highest BCUT2D eigenvalue weighted by Gasteiger charge is 2.10. The first kappa shape index (κ1) is 10.9. The fourth-order valence-corrected chi connectivity index (χ4v) is 1.74. The van der Waals surface area contributed by atoms with Crippen molar-refractivity contribution in [3.8, 4) is 0 Å². The van der Waals surface area contributed by atoms with E-state index in [4.69, 9.17) is 0 Å². The van der Waals surface area contributed by atoms with Gasteiger partial charge < -0.3 is 5.32 Å². The minimum atomic E-state index is -0.267. The van der Waals surface area contributed by atoms with Gasteiger partial charge in [0.1, 0.15) is 11.3 Å². The maximum absolute atomic E-state index is 13.7. The monoisotopic (exact) mass is 218 g/mol. The van der Waals surface area contributed by atoms with Crippen LogP contribution in [0.3, 0.4) is 0 Å². The Morgan fingerprint density at radius 2 is 2.06 bits per heavy atom. The molecular weight excluding hydrogens is 203 g/mol. The molecule has 0 aliphatic heterocycles. The van der Waals surface area contributed by atoms with Crippen molar-refractivity contribution >= 4 is 16.6 Å². The van der Waals surface area contributed by atoms with E-state index >= 15 is 0 Å². The summed E-state index contributed by atoms with van der Waals surface area (Å²) in [4.78, 5) is 4.37. The number of hydrogen-bond acceptors (Lipinski definition) is 2. The number of fused-ring (bicyclic) bond motifs is 1. The fraction of sp³-hybridized carbons (Fsp3) is 0.308. The molecule has 0 atom stereocenters. The van der Waals surface area contributed by atoms with Gasteiger partial charge in [0.15, 0.2) is 0 Å². The predicted octanol–water partition coefficient (Wildman–Crippen LogP) is 3.54. The lowest BCUT2D eigenvalue weighted by molar-refractivity contribution is 0.635. The second-order valence-corrected chi connectivity index (χ2v) is 4.14. The highest BCUT2D eigenvalue weighted by atomic mass is 19.1. The Balaban J connectivity index is 2.79. The average molecular weight is 218 g/mol. The molecule has 0 saturated heterocycles. The van der Waals surface area contributed by atoms with Crippen LogP contribution in [-0.4, -0.2) is 12.0 Å². The summed E-state index contributed by atoms with van der Waals surface area (Å²) in [7, 11) is 1.84. The summed E-state index contributed by atoms with van der Waals surface area (Å²) in [6.07, 6.45) is 0. The maximum atomic E-state index is 13.7. The van der Waals surface area contributed by atoms with Crippen molar-refractivity contribution < 1.29 is 4.39 Å². The van der Waals surface area contributed by atoms with Gasteiger partial charge in [-0.25, -0.2) is 9.37 Å². The first-order valence-corrected chi connectivity index (χ1v) is 5.40. The summed E-state index contributed by atoms with van der Waals surface area (Å²) in [5.74, 6) is 0.0209. The maximum Gasteiger partial charge on any atom is 0.149 e. The molecule has 0 aliphatic rings. The van der Waals surface area contributed by atoms with Crippen molar-refractivity contribution in [2.24, 2.45) is 0 Å². The summed E-state index contributed by atoms with van der Waals surface area (Å²) in [5.41, 5.74) is 2.27. The third kappa shape index (κ3) is 1.73. The highest BCUT2D eigenvalue weighted by molar-refractivity contribution is 5.91. The van der Waals surface area contributed by atoms with E-state index in [9.17, 15) is 4.39 Å². The van der Waals surface area contributed by atoms with Crippen LogP contribution in [0.5, 0.6) is 0 Å². The van der Waals surface area contributed by atoms with Gasteiger partial charge in [0.2, 0.25) is 0 Å². The minimum absolute atomic E-state index is 0.267. The van der Waals surface area contributed by atoms with Crippen LogP contribution in [0.4, 0.5) is 10.1 Å². The average Bonchev–Trinajstić information content (AvgIpc) is 2.28. The van der Waals surface area contributed by atoms with Crippen LogP contribution in [0.1, 0.15) is 25.5 Å². The summed E-state index contributed by atoms with van der Waals surface area (Å²) >= 11 is 0. The van der Waals surface area contributed by atoms with Crippen molar-refractivity contribution in [2.75, 3.05) is 12.4 Å². The number of benzene rings is 1. The van der Waals surface area contributed by atoms with Crippen LogP contribution in [0.2, 0.25) is 0 Å². The van der Waals surface area contributed by atoms with Gasteiger partial charge in [-0.3, -0.25) is 0 Å². The number of nitrogens with zero attached hydrogens (tertiary/aromatic N) is 1. The van der Waals surface area contributed by atoms with Crippen LogP contribution in [0.25, 0.3) is 10.9 Å². The summed E-state index contributed by atoms with van der Waals surface area (Å²) in [6.45, 7) is 4.10. The minimum Gasteiger partial charge on any atom is -0.388 e. The fourth-order valence-electron chi connectivity index (χ4n) is 1.74. The highest BCUT2D eigenvalue weighted by Crippen LogP contribution is 2.27. The summed E-state index contributed by atoms with van der Waals surface area (Å²) < 4.78 is 13.7. The standard InChI is InChI=1S/C13H15FN2/c1-8(2)11-7-12(15-3)9-5-4-6-10(14)13(9)16-11/h4-8H,1-3H3,(H,15,16).